The van der Waals surface area contributed by atoms with E-state index >= 15 is 0 Å². The molecule has 3 aromatic rings. The number of thiazole rings is 1. The molecule has 1 aromatic heterocycles. The van der Waals surface area contributed by atoms with Gasteiger partial charge in [-0.3, -0.25) is 14.6 Å². The molecule has 0 saturated carbocycles. The van der Waals surface area contributed by atoms with Gasteiger partial charge in [0.15, 0.2) is 5.13 Å². The van der Waals surface area contributed by atoms with Crippen molar-refractivity contribution >= 4 is 56.8 Å². The number of morpholine rings is 1. The van der Waals surface area contributed by atoms with E-state index in [9.17, 15) is 4.79 Å². The first-order valence-corrected chi connectivity index (χ1v) is 12.9. The van der Waals surface area contributed by atoms with Crippen molar-refractivity contribution in [2.24, 2.45) is 0 Å². The van der Waals surface area contributed by atoms with Crippen molar-refractivity contribution < 1.29 is 14.3 Å². The molecule has 0 aliphatic carbocycles. The van der Waals surface area contributed by atoms with Crippen LogP contribution in [0.2, 0.25) is 0 Å². The van der Waals surface area contributed by atoms with E-state index in [0.717, 1.165) is 58.8 Å². The van der Waals surface area contributed by atoms with Gasteiger partial charge in [-0.25, -0.2) is 4.98 Å². The van der Waals surface area contributed by atoms with E-state index < -0.39 is 0 Å². The number of amides is 1. The number of para-hydroxylation sites is 1. The number of halogens is 1. The lowest BCUT2D eigenvalue weighted by Gasteiger charge is -2.29. The monoisotopic (exact) mass is 507 g/mol. The van der Waals surface area contributed by atoms with Gasteiger partial charge in [0, 0.05) is 36.6 Å². The Morgan fingerprint density at radius 1 is 1.21 bits per heavy atom. The van der Waals surface area contributed by atoms with Crippen LogP contribution in [0.3, 0.4) is 0 Å². The number of fused-ring (bicyclic) bond motifs is 1. The van der Waals surface area contributed by atoms with Gasteiger partial charge in [0.05, 0.1) is 29.5 Å². The maximum atomic E-state index is 13.6. The fraction of sp³-hybridized carbons (Fsp3) is 0.417. The van der Waals surface area contributed by atoms with Crippen LogP contribution in [-0.4, -0.2) is 67.5 Å². The molecule has 0 N–H and O–H groups in total. The van der Waals surface area contributed by atoms with Crippen LogP contribution < -0.4 is 9.64 Å². The van der Waals surface area contributed by atoms with E-state index in [4.69, 9.17) is 14.5 Å². The van der Waals surface area contributed by atoms with Crippen molar-refractivity contribution in [3.8, 4) is 5.75 Å². The summed E-state index contributed by atoms with van der Waals surface area (Å²) in [4.78, 5) is 23.8. The minimum absolute atomic E-state index is 0. The fourth-order valence-electron chi connectivity index (χ4n) is 3.65. The Hall–Kier alpha value is -1.84. The van der Waals surface area contributed by atoms with Crippen molar-refractivity contribution in [3.05, 3.63) is 48.0 Å². The Morgan fingerprint density at radius 3 is 2.61 bits per heavy atom. The van der Waals surface area contributed by atoms with Gasteiger partial charge in [-0.2, -0.15) is 0 Å². The maximum absolute atomic E-state index is 13.6. The molecule has 33 heavy (non-hydrogen) atoms. The molecule has 0 spiro atoms. The van der Waals surface area contributed by atoms with Gasteiger partial charge in [0.2, 0.25) is 0 Å². The molecule has 2 heterocycles. The van der Waals surface area contributed by atoms with Gasteiger partial charge in [-0.1, -0.05) is 17.4 Å². The summed E-state index contributed by atoms with van der Waals surface area (Å²) in [7, 11) is 0. The zero-order valence-corrected chi connectivity index (χ0v) is 21.6. The molecule has 2 aromatic carbocycles. The Balaban J connectivity index is 0.00000306. The molecule has 6 nitrogen and oxygen atoms in total. The quantitative estimate of drug-likeness (QED) is 0.390. The number of carbonyl (C=O) groups is 1. The number of thioether (sulfide) groups is 1. The van der Waals surface area contributed by atoms with Crippen LogP contribution in [0, 0.1) is 0 Å². The minimum atomic E-state index is -0.0425. The third kappa shape index (κ3) is 6.39. The second-order valence-corrected chi connectivity index (χ2v) is 9.76. The highest BCUT2D eigenvalue weighted by atomic mass is 35.5. The summed E-state index contributed by atoms with van der Waals surface area (Å²) in [5.74, 6) is 0.722. The Bertz CT molecular complexity index is 1050. The molecule has 0 bridgehead atoms. The van der Waals surface area contributed by atoms with Crippen LogP contribution in [0.15, 0.2) is 47.4 Å². The first kappa shape index (κ1) is 25.8. The van der Waals surface area contributed by atoms with E-state index in [1.807, 2.05) is 49.1 Å². The fourth-order valence-corrected chi connectivity index (χ4v) is 5.29. The molecule has 1 saturated heterocycles. The standard InChI is InChI=1S/C24H29N3O3S2.ClH/c1-17(2)30-19-9-7-18(8-10-19)23(28)27(12-11-26-13-15-29-16-14-26)24-25-22-20(31-3)5-4-6-21(22)32-24;/h4-10,17H,11-16H2,1-3H3;1H. The number of carbonyl (C=O) groups excluding carboxylic acids is 1. The highest BCUT2D eigenvalue weighted by Crippen LogP contribution is 2.34. The lowest BCUT2D eigenvalue weighted by Crippen LogP contribution is -2.43. The first-order chi connectivity index (χ1) is 15.5. The highest BCUT2D eigenvalue weighted by Gasteiger charge is 2.23. The molecule has 0 atom stereocenters. The van der Waals surface area contributed by atoms with E-state index in [0.29, 0.717) is 12.1 Å². The highest BCUT2D eigenvalue weighted by molar-refractivity contribution is 7.98. The van der Waals surface area contributed by atoms with Gasteiger partial charge in [-0.15, -0.1) is 24.2 Å². The number of anilines is 1. The Labute approximate surface area is 209 Å². The van der Waals surface area contributed by atoms with Gasteiger partial charge in [-0.05, 0) is 56.5 Å². The molecule has 1 fully saturated rings. The predicted octanol–water partition coefficient (Wildman–Crippen LogP) is 5.21. The molecule has 0 radical (unpaired) electrons. The number of rotatable bonds is 8. The number of benzene rings is 2. The van der Waals surface area contributed by atoms with Crippen LogP contribution in [0.1, 0.15) is 24.2 Å². The second-order valence-electron chi connectivity index (χ2n) is 7.91. The molecule has 1 amide bonds. The molecule has 1 aliphatic heterocycles. The van der Waals surface area contributed by atoms with Crippen molar-refractivity contribution in [3.63, 3.8) is 0 Å². The topological polar surface area (TPSA) is 54.9 Å². The van der Waals surface area contributed by atoms with E-state index in [-0.39, 0.29) is 24.4 Å². The van der Waals surface area contributed by atoms with Crippen molar-refractivity contribution in [2.75, 3.05) is 50.5 Å². The summed E-state index contributed by atoms with van der Waals surface area (Å²) in [6.07, 6.45) is 2.14. The maximum Gasteiger partial charge on any atom is 0.260 e. The van der Waals surface area contributed by atoms with Gasteiger partial charge >= 0.3 is 0 Å². The average molecular weight is 508 g/mol. The number of hydrogen-bond acceptors (Lipinski definition) is 7. The predicted molar refractivity (Wildman–Crippen MR) is 140 cm³/mol. The van der Waals surface area contributed by atoms with Crippen LogP contribution in [0.4, 0.5) is 5.13 Å². The number of hydrogen-bond donors (Lipinski definition) is 0. The van der Waals surface area contributed by atoms with Gasteiger partial charge in [0.25, 0.3) is 5.91 Å². The summed E-state index contributed by atoms with van der Waals surface area (Å²) < 4.78 is 12.3. The lowest BCUT2D eigenvalue weighted by molar-refractivity contribution is 0.0391. The number of nitrogens with zero attached hydrogens (tertiary/aromatic N) is 3. The van der Waals surface area contributed by atoms with Gasteiger partial charge in [0.1, 0.15) is 5.75 Å². The van der Waals surface area contributed by atoms with Crippen molar-refractivity contribution in [2.45, 2.75) is 24.8 Å². The first-order valence-electron chi connectivity index (χ1n) is 10.9. The third-order valence-electron chi connectivity index (χ3n) is 5.28. The molecule has 1 aliphatic rings. The minimum Gasteiger partial charge on any atom is -0.491 e. The smallest absolute Gasteiger partial charge is 0.260 e. The Kier molecular flexibility index (Phi) is 9.40. The van der Waals surface area contributed by atoms with Crippen molar-refractivity contribution in [1.82, 2.24) is 9.88 Å². The second kappa shape index (κ2) is 12.0. The van der Waals surface area contributed by atoms with Crippen LogP contribution in [-0.2, 0) is 4.74 Å². The number of aromatic nitrogens is 1. The molecule has 178 valence electrons. The van der Waals surface area contributed by atoms with E-state index in [1.165, 1.54) is 0 Å². The third-order valence-corrected chi connectivity index (χ3v) is 7.10. The summed E-state index contributed by atoms with van der Waals surface area (Å²) in [5, 5.41) is 0.738. The van der Waals surface area contributed by atoms with E-state index in [1.54, 1.807) is 23.1 Å². The molecule has 9 heteroatoms. The zero-order valence-electron chi connectivity index (χ0n) is 19.2. The molecular formula is C24H30ClN3O3S2. The SMILES string of the molecule is CSc1cccc2sc(N(CCN3CCOCC3)C(=O)c3ccc(OC(C)C)cc3)nc12.Cl. The van der Waals surface area contributed by atoms with E-state index in [2.05, 4.69) is 23.3 Å². The summed E-state index contributed by atoms with van der Waals surface area (Å²) in [6, 6.07) is 13.6. The van der Waals surface area contributed by atoms with Crippen LogP contribution in [0.25, 0.3) is 10.2 Å². The molecule has 4 rings (SSSR count). The Morgan fingerprint density at radius 2 is 1.94 bits per heavy atom. The lowest BCUT2D eigenvalue weighted by atomic mass is 10.2. The van der Waals surface area contributed by atoms with Gasteiger partial charge < -0.3 is 9.47 Å². The normalized spacial score (nSPS) is 14.3. The molecule has 0 unspecified atom stereocenters. The molecular weight excluding hydrogens is 478 g/mol. The number of ether oxygens (including phenoxy) is 2. The largest absolute Gasteiger partial charge is 0.491 e. The van der Waals surface area contributed by atoms with Crippen LogP contribution >= 0.6 is 35.5 Å². The summed E-state index contributed by atoms with van der Waals surface area (Å²) in [6.45, 7) is 8.60. The van der Waals surface area contributed by atoms with Crippen molar-refractivity contribution in [1.29, 1.82) is 0 Å². The summed E-state index contributed by atoms with van der Waals surface area (Å²) >= 11 is 3.24. The average Bonchev–Trinajstić information content (AvgIpc) is 3.24. The zero-order chi connectivity index (χ0) is 22.5. The summed E-state index contributed by atoms with van der Waals surface area (Å²) in [5.41, 5.74) is 1.59. The van der Waals surface area contributed by atoms with Crippen LogP contribution in [0.5, 0.6) is 5.75 Å².